The number of ketones is 1. The van der Waals surface area contributed by atoms with Gasteiger partial charge in [-0.05, 0) is 10.8 Å². The van der Waals surface area contributed by atoms with Gasteiger partial charge in [-0.25, -0.2) is 0 Å². The molecule has 3 heteroatoms. The van der Waals surface area contributed by atoms with Crippen LogP contribution in [0.15, 0.2) is 0 Å². The molecule has 0 unspecified atom stereocenters. The fourth-order valence-corrected chi connectivity index (χ4v) is 4.10. The zero-order chi connectivity index (χ0) is 13.2. The summed E-state index contributed by atoms with van der Waals surface area (Å²) in [6.45, 7) is 10.3. The molecule has 1 aliphatic heterocycles. The van der Waals surface area contributed by atoms with Gasteiger partial charge in [-0.15, -0.1) is 0 Å². The summed E-state index contributed by atoms with van der Waals surface area (Å²) in [6.07, 6.45) is 3.14. The SMILES string of the molecule is CC1(C)COC2(C[C@]3(C)CC(=O)C[C@]3(C)C2)OC1. The molecule has 2 atom stereocenters. The van der Waals surface area contributed by atoms with E-state index in [4.69, 9.17) is 9.47 Å². The summed E-state index contributed by atoms with van der Waals surface area (Å²) in [5.41, 5.74) is 0.234. The van der Waals surface area contributed by atoms with Crippen LogP contribution in [-0.2, 0) is 14.3 Å². The molecule has 3 rings (SSSR count). The molecular formula is C15H24O3. The number of ether oxygens (including phenoxy) is 2. The second-order valence-electron chi connectivity index (χ2n) is 8.02. The summed E-state index contributed by atoms with van der Waals surface area (Å²) < 4.78 is 12.2. The van der Waals surface area contributed by atoms with Gasteiger partial charge in [0.15, 0.2) is 5.79 Å². The molecule has 0 aromatic rings. The Labute approximate surface area is 109 Å². The lowest BCUT2D eigenvalue weighted by molar-refractivity contribution is -0.299. The van der Waals surface area contributed by atoms with E-state index in [0.29, 0.717) is 18.6 Å². The van der Waals surface area contributed by atoms with Gasteiger partial charge < -0.3 is 9.47 Å². The molecule has 102 valence electrons. The van der Waals surface area contributed by atoms with Crippen molar-refractivity contribution in [3.8, 4) is 0 Å². The summed E-state index contributed by atoms with van der Waals surface area (Å²) in [4.78, 5) is 11.8. The van der Waals surface area contributed by atoms with Crippen molar-refractivity contribution in [3.05, 3.63) is 0 Å². The zero-order valence-corrected chi connectivity index (χ0v) is 12.0. The number of hydrogen-bond donors (Lipinski definition) is 0. The summed E-state index contributed by atoms with van der Waals surface area (Å²) >= 11 is 0. The van der Waals surface area contributed by atoms with Gasteiger partial charge in [0.25, 0.3) is 0 Å². The van der Waals surface area contributed by atoms with E-state index >= 15 is 0 Å². The van der Waals surface area contributed by atoms with Crippen LogP contribution in [0.4, 0.5) is 0 Å². The number of Topliss-reactive ketones (excluding diaryl/α,β-unsaturated/α-hetero) is 1. The molecule has 0 radical (unpaired) electrons. The quantitative estimate of drug-likeness (QED) is 0.665. The van der Waals surface area contributed by atoms with Gasteiger partial charge in [0.05, 0.1) is 13.2 Å². The molecule has 1 saturated heterocycles. The van der Waals surface area contributed by atoms with Gasteiger partial charge in [-0.2, -0.15) is 0 Å². The predicted molar refractivity (Wildman–Crippen MR) is 68.1 cm³/mol. The van der Waals surface area contributed by atoms with Crippen molar-refractivity contribution in [2.75, 3.05) is 13.2 Å². The Bertz CT molecular complexity index is 367. The molecule has 3 nitrogen and oxygen atoms in total. The van der Waals surface area contributed by atoms with Gasteiger partial charge in [0.1, 0.15) is 5.78 Å². The Hall–Kier alpha value is -0.410. The van der Waals surface area contributed by atoms with E-state index in [9.17, 15) is 4.79 Å². The number of carbonyl (C=O) groups is 1. The van der Waals surface area contributed by atoms with Crippen molar-refractivity contribution in [2.45, 2.75) is 59.2 Å². The van der Waals surface area contributed by atoms with Crippen molar-refractivity contribution in [1.29, 1.82) is 0 Å². The highest BCUT2D eigenvalue weighted by molar-refractivity contribution is 5.83. The van der Waals surface area contributed by atoms with Crippen molar-refractivity contribution in [1.82, 2.24) is 0 Å². The minimum absolute atomic E-state index is 0.0611. The lowest BCUT2D eigenvalue weighted by Gasteiger charge is -2.42. The molecule has 3 fully saturated rings. The van der Waals surface area contributed by atoms with Crippen molar-refractivity contribution < 1.29 is 14.3 Å². The molecule has 1 heterocycles. The van der Waals surface area contributed by atoms with E-state index < -0.39 is 5.79 Å². The Morgan fingerprint density at radius 2 is 1.33 bits per heavy atom. The van der Waals surface area contributed by atoms with Crippen LogP contribution in [0.2, 0.25) is 0 Å². The van der Waals surface area contributed by atoms with Crippen molar-refractivity contribution >= 4 is 5.78 Å². The first-order chi connectivity index (χ1) is 8.18. The molecule has 0 aromatic heterocycles. The molecule has 0 amide bonds. The molecule has 1 spiro atoms. The zero-order valence-electron chi connectivity index (χ0n) is 12.0. The van der Waals surface area contributed by atoms with E-state index in [1.54, 1.807) is 0 Å². The third-order valence-corrected chi connectivity index (χ3v) is 5.40. The first kappa shape index (κ1) is 12.6. The third-order valence-electron chi connectivity index (χ3n) is 5.40. The average Bonchev–Trinajstić information content (AvgIpc) is 2.53. The first-order valence-corrected chi connectivity index (χ1v) is 6.98. The Morgan fingerprint density at radius 1 is 0.889 bits per heavy atom. The minimum Gasteiger partial charge on any atom is -0.349 e. The fraction of sp³-hybridized carbons (Fsp3) is 0.933. The van der Waals surface area contributed by atoms with Crippen LogP contribution in [0, 0.1) is 16.2 Å². The van der Waals surface area contributed by atoms with Gasteiger partial charge in [0, 0.05) is 31.1 Å². The Kier molecular flexibility index (Phi) is 2.36. The summed E-state index contributed by atoms with van der Waals surface area (Å²) in [7, 11) is 0. The van der Waals surface area contributed by atoms with E-state index in [-0.39, 0.29) is 16.2 Å². The second kappa shape index (κ2) is 3.37. The maximum atomic E-state index is 11.8. The summed E-state index contributed by atoms with van der Waals surface area (Å²) in [5, 5.41) is 0. The predicted octanol–water partition coefficient (Wildman–Crippen LogP) is 2.93. The minimum atomic E-state index is -0.417. The highest BCUT2D eigenvalue weighted by Gasteiger charge is 2.65. The maximum absolute atomic E-state index is 11.8. The van der Waals surface area contributed by atoms with Crippen LogP contribution in [0.25, 0.3) is 0 Å². The Morgan fingerprint density at radius 3 is 1.78 bits per heavy atom. The standard InChI is InChI=1S/C15H24O3/c1-12(2)9-17-15(18-10-12)7-13(3)5-11(16)6-14(13,4)8-15/h5-10H2,1-4H3/t13-,14+. The molecule has 0 aromatic carbocycles. The summed E-state index contributed by atoms with van der Waals surface area (Å²) in [6, 6.07) is 0. The van der Waals surface area contributed by atoms with Crippen LogP contribution in [0.3, 0.4) is 0 Å². The fourth-order valence-electron chi connectivity index (χ4n) is 4.10. The number of rotatable bonds is 0. The van der Waals surface area contributed by atoms with Crippen LogP contribution in [-0.4, -0.2) is 24.8 Å². The first-order valence-electron chi connectivity index (χ1n) is 6.98. The van der Waals surface area contributed by atoms with Crippen LogP contribution >= 0.6 is 0 Å². The molecule has 18 heavy (non-hydrogen) atoms. The number of hydrogen-bond acceptors (Lipinski definition) is 3. The van der Waals surface area contributed by atoms with E-state index in [1.807, 2.05) is 0 Å². The van der Waals surface area contributed by atoms with Gasteiger partial charge >= 0.3 is 0 Å². The lowest BCUT2D eigenvalue weighted by atomic mass is 9.71. The normalized spacial score (nSPS) is 45.4. The molecular weight excluding hydrogens is 228 g/mol. The second-order valence-corrected chi connectivity index (χ2v) is 8.02. The maximum Gasteiger partial charge on any atom is 0.169 e. The van der Waals surface area contributed by atoms with Gasteiger partial charge in [-0.1, -0.05) is 27.7 Å². The number of carbonyl (C=O) groups excluding carboxylic acids is 1. The highest BCUT2D eigenvalue weighted by atomic mass is 16.7. The lowest BCUT2D eigenvalue weighted by Crippen LogP contribution is -2.46. The van der Waals surface area contributed by atoms with Gasteiger partial charge in [0.2, 0.25) is 0 Å². The van der Waals surface area contributed by atoms with Gasteiger partial charge in [-0.3, -0.25) is 4.79 Å². The van der Waals surface area contributed by atoms with Crippen molar-refractivity contribution in [2.24, 2.45) is 16.2 Å². The van der Waals surface area contributed by atoms with Crippen LogP contribution in [0.5, 0.6) is 0 Å². The Balaban J connectivity index is 1.82. The van der Waals surface area contributed by atoms with Crippen LogP contribution < -0.4 is 0 Å². The molecule has 3 aliphatic rings. The highest BCUT2D eigenvalue weighted by Crippen LogP contribution is 2.66. The van der Waals surface area contributed by atoms with E-state index in [2.05, 4.69) is 27.7 Å². The number of fused-ring (bicyclic) bond motifs is 1. The topological polar surface area (TPSA) is 35.5 Å². The third kappa shape index (κ3) is 1.67. The van der Waals surface area contributed by atoms with Crippen LogP contribution in [0.1, 0.15) is 53.4 Å². The molecule has 0 N–H and O–H groups in total. The molecule has 0 bridgehead atoms. The largest absolute Gasteiger partial charge is 0.349 e. The smallest absolute Gasteiger partial charge is 0.169 e. The summed E-state index contributed by atoms with van der Waals surface area (Å²) in [5.74, 6) is -0.00862. The monoisotopic (exact) mass is 252 g/mol. The molecule has 2 aliphatic carbocycles. The average molecular weight is 252 g/mol. The van der Waals surface area contributed by atoms with E-state index in [1.165, 1.54) is 0 Å². The molecule has 2 saturated carbocycles. The van der Waals surface area contributed by atoms with Crippen molar-refractivity contribution in [3.63, 3.8) is 0 Å². The van der Waals surface area contributed by atoms with E-state index in [0.717, 1.165) is 26.1 Å².